The molecule has 3 aromatic carbocycles. The van der Waals surface area contributed by atoms with E-state index in [2.05, 4.69) is 37.2 Å². The Hall–Kier alpha value is -2.44. The minimum absolute atomic E-state index is 0.368. The number of benzene rings is 3. The molecular weight excluding hydrogens is 486 g/mol. The number of carboxylic acid groups (broad SMARTS) is 1. The number of halogens is 2. The van der Waals surface area contributed by atoms with Gasteiger partial charge in [0.1, 0.15) is 6.04 Å². The summed E-state index contributed by atoms with van der Waals surface area (Å²) in [6.07, 6.45) is 0. The highest BCUT2D eigenvalue weighted by Crippen LogP contribution is 2.29. The van der Waals surface area contributed by atoms with E-state index in [0.717, 1.165) is 20.1 Å². The van der Waals surface area contributed by atoms with Gasteiger partial charge in [-0.1, -0.05) is 92.5 Å². The molecular formula is C22H17Br2NO3. The normalized spacial score (nSPS) is 11.8. The van der Waals surface area contributed by atoms with E-state index in [1.54, 1.807) is 12.1 Å². The van der Waals surface area contributed by atoms with Gasteiger partial charge in [0.2, 0.25) is 0 Å². The van der Waals surface area contributed by atoms with Crippen molar-refractivity contribution >= 4 is 43.7 Å². The molecule has 142 valence electrons. The van der Waals surface area contributed by atoms with E-state index in [0.29, 0.717) is 5.56 Å². The van der Waals surface area contributed by atoms with E-state index in [9.17, 15) is 14.7 Å². The monoisotopic (exact) mass is 501 g/mol. The first-order chi connectivity index (χ1) is 13.5. The van der Waals surface area contributed by atoms with Crippen molar-refractivity contribution in [3.8, 4) is 0 Å². The largest absolute Gasteiger partial charge is 0.480 e. The van der Waals surface area contributed by atoms with Gasteiger partial charge in [-0.15, -0.1) is 0 Å². The van der Waals surface area contributed by atoms with E-state index < -0.39 is 23.8 Å². The lowest BCUT2D eigenvalue weighted by Crippen LogP contribution is -2.45. The van der Waals surface area contributed by atoms with Crippen molar-refractivity contribution in [2.75, 3.05) is 0 Å². The highest BCUT2D eigenvalue weighted by Gasteiger charge is 2.32. The van der Waals surface area contributed by atoms with Crippen molar-refractivity contribution in [2.24, 2.45) is 0 Å². The summed E-state index contributed by atoms with van der Waals surface area (Å²) in [6, 6.07) is 22.6. The molecule has 1 atom stereocenters. The summed E-state index contributed by atoms with van der Waals surface area (Å²) in [5.74, 6) is -2.08. The summed E-state index contributed by atoms with van der Waals surface area (Å²) < 4.78 is 1.45. The number of rotatable bonds is 6. The van der Waals surface area contributed by atoms with Crippen LogP contribution in [-0.4, -0.2) is 23.0 Å². The van der Waals surface area contributed by atoms with Crippen LogP contribution in [0.1, 0.15) is 27.4 Å². The van der Waals surface area contributed by atoms with Crippen LogP contribution in [0.15, 0.2) is 87.8 Å². The number of carbonyl (C=O) groups excluding carboxylic acids is 1. The van der Waals surface area contributed by atoms with E-state index in [4.69, 9.17) is 0 Å². The lowest BCUT2D eigenvalue weighted by Gasteiger charge is -2.26. The third-order valence-corrected chi connectivity index (χ3v) is 5.24. The maximum absolute atomic E-state index is 12.8. The lowest BCUT2D eigenvalue weighted by atomic mass is 9.85. The second-order valence-electron chi connectivity index (χ2n) is 6.25. The molecule has 6 heteroatoms. The minimum atomic E-state index is -1.13. The second kappa shape index (κ2) is 9.17. The van der Waals surface area contributed by atoms with Crippen molar-refractivity contribution in [1.82, 2.24) is 5.32 Å². The van der Waals surface area contributed by atoms with Crippen LogP contribution < -0.4 is 5.32 Å². The standard InChI is InChI=1S/C22H17Br2NO3/c23-17-11-16(12-18(24)13-17)21(26)25-20(22(27)28)19(14-7-3-1-4-8-14)15-9-5-2-6-10-15/h1-13,19-20H,(H,25,26)(H,27,28)/t20-/m0/s1. The Labute approximate surface area is 179 Å². The van der Waals surface area contributed by atoms with Gasteiger partial charge in [0.25, 0.3) is 5.91 Å². The zero-order chi connectivity index (χ0) is 20.1. The first-order valence-corrected chi connectivity index (χ1v) is 10.1. The van der Waals surface area contributed by atoms with Crippen molar-refractivity contribution in [2.45, 2.75) is 12.0 Å². The van der Waals surface area contributed by atoms with Crippen molar-refractivity contribution in [3.63, 3.8) is 0 Å². The predicted molar refractivity (Wildman–Crippen MR) is 115 cm³/mol. The van der Waals surface area contributed by atoms with Crippen LogP contribution in [0.4, 0.5) is 0 Å². The molecule has 0 aliphatic carbocycles. The Balaban J connectivity index is 2.00. The van der Waals surface area contributed by atoms with E-state index >= 15 is 0 Å². The van der Waals surface area contributed by atoms with E-state index in [-0.39, 0.29) is 0 Å². The number of carbonyl (C=O) groups is 2. The van der Waals surface area contributed by atoms with Gasteiger partial charge in [0.05, 0.1) is 0 Å². The van der Waals surface area contributed by atoms with Gasteiger partial charge in [0.15, 0.2) is 0 Å². The maximum atomic E-state index is 12.8. The van der Waals surface area contributed by atoms with Gasteiger partial charge in [-0.3, -0.25) is 4.79 Å². The molecule has 0 spiro atoms. The van der Waals surface area contributed by atoms with Gasteiger partial charge in [-0.2, -0.15) is 0 Å². The fourth-order valence-corrected chi connectivity index (χ4v) is 4.39. The van der Waals surface area contributed by atoms with Gasteiger partial charge in [-0.25, -0.2) is 4.79 Å². The Morgan fingerprint density at radius 3 is 1.68 bits per heavy atom. The Bertz CT molecular complexity index is 918. The second-order valence-corrected chi connectivity index (χ2v) is 8.08. The minimum Gasteiger partial charge on any atom is -0.480 e. The summed E-state index contributed by atoms with van der Waals surface area (Å²) in [4.78, 5) is 25.0. The Morgan fingerprint density at radius 1 is 0.786 bits per heavy atom. The molecule has 0 aliphatic heterocycles. The van der Waals surface area contributed by atoms with E-state index in [1.807, 2.05) is 66.7 Å². The number of carboxylic acids is 1. The van der Waals surface area contributed by atoms with Crippen LogP contribution in [0, 0.1) is 0 Å². The van der Waals surface area contributed by atoms with Crippen molar-refractivity contribution in [3.05, 3.63) is 104 Å². The summed E-state index contributed by atoms with van der Waals surface area (Å²) in [7, 11) is 0. The lowest BCUT2D eigenvalue weighted by molar-refractivity contribution is -0.139. The number of amides is 1. The molecule has 4 nitrogen and oxygen atoms in total. The topological polar surface area (TPSA) is 66.4 Å². The van der Waals surface area contributed by atoms with Crippen LogP contribution in [-0.2, 0) is 4.79 Å². The highest BCUT2D eigenvalue weighted by atomic mass is 79.9. The number of hydrogen-bond donors (Lipinski definition) is 2. The molecule has 2 N–H and O–H groups in total. The molecule has 0 radical (unpaired) electrons. The summed E-state index contributed by atoms with van der Waals surface area (Å²) in [6.45, 7) is 0. The molecule has 3 rings (SSSR count). The number of hydrogen-bond acceptors (Lipinski definition) is 2. The smallest absolute Gasteiger partial charge is 0.327 e. The third kappa shape index (κ3) is 4.88. The van der Waals surface area contributed by atoms with Crippen LogP contribution >= 0.6 is 31.9 Å². The maximum Gasteiger partial charge on any atom is 0.327 e. The number of nitrogens with one attached hydrogen (secondary N) is 1. The average molecular weight is 503 g/mol. The van der Waals surface area contributed by atoms with Crippen LogP contribution in [0.5, 0.6) is 0 Å². The van der Waals surface area contributed by atoms with Crippen molar-refractivity contribution < 1.29 is 14.7 Å². The molecule has 0 aromatic heterocycles. The number of aliphatic carboxylic acids is 1. The highest BCUT2D eigenvalue weighted by molar-refractivity contribution is 9.11. The SMILES string of the molecule is O=C(N[C@H](C(=O)O)C(c1ccccc1)c1ccccc1)c1cc(Br)cc(Br)c1. The van der Waals surface area contributed by atoms with Crippen LogP contribution in [0.3, 0.4) is 0 Å². The molecule has 0 saturated carbocycles. The first-order valence-electron chi connectivity index (χ1n) is 8.55. The molecule has 0 unspecified atom stereocenters. The van der Waals surface area contributed by atoms with Crippen LogP contribution in [0.2, 0.25) is 0 Å². The Morgan fingerprint density at radius 2 is 1.25 bits per heavy atom. The molecule has 0 aliphatic rings. The molecule has 3 aromatic rings. The van der Waals surface area contributed by atoms with E-state index in [1.165, 1.54) is 0 Å². The molecule has 28 heavy (non-hydrogen) atoms. The van der Waals surface area contributed by atoms with Gasteiger partial charge in [-0.05, 0) is 29.3 Å². The zero-order valence-electron chi connectivity index (χ0n) is 14.7. The predicted octanol–water partition coefficient (Wildman–Crippen LogP) is 5.23. The molecule has 0 heterocycles. The third-order valence-electron chi connectivity index (χ3n) is 4.33. The first kappa shape index (κ1) is 20.3. The van der Waals surface area contributed by atoms with Gasteiger partial charge >= 0.3 is 5.97 Å². The summed E-state index contributed by atoms with van der Waals surface area (Å²) >= 11 is 6.70. The summed E-state index contributed by atoms with van der Waals surface area (Å²) in [5.41, 5.74) is 2.00. The average Bonchev–Trinajstić information content (AvgIpc) is 2.68. The van der Waals surface area contributed by atoms with Gasteiger partial charge < -0.3 is 10.4 Å². The zero-order valence-corrected chi connectivity index (χ0v) is 17.9. The molecule has 0 saturated heterocycles. The van der Waals surface area contributed by atoms with Crippen molar-refractivity contribution in [1.29, 1.82) is 0 Å². The fraction of sp³-hybridized carbons (Fsp3) is 0.0909. The van der Waals surface area contributed by atoms with Crippen LogP contribution in [0.25, 0.3) is 0 Å². The summed E-state index contributed by atoms with van der Waals surface area (Å²) in [5, 5.41) is 12.6. The van der Waals surface area contributed by atoms with Gasteiger partial charge in [0, 0.05) is 20.4 Å². The molecule has 1 amide bonds. The molecule has 0 fully saturated rings. The molecule has 0 bridgehead atoms. The quantitative estimate of drug-likeness (QED) is 0.485. The Kier molecular flexibility index (Phi) is 6.65. The fourth-order valence-electron chi connectivity index (χ4n) is 3.10.